The van der Waals surface area contributed by atoms with Crippen LogP contribution in [0.2, 0.25) is 0 Å². The molecule has 1 N–H and O–H groups in total. The third-order valence-electron chi connectivity index (χ3n) is 9.91. The van der Waals surface area contributed by atoms with Gasteiger partial charge in [0.25, 0.3) is 0 Å². The average Bonchev–Trinajstić information content (AvgIpc) is 3.79. The predicted octanol–water partition coefficient (Wildman–Crippen LogP) is 7.04. The van der Waals surface area contributed by atoms with E-state index in [1.54, 1.807) is 21.3 Å². The number of methoxy groups -OCH3 is 3. The summed E-state index contributed by atoms with van der Waals surface area (Å²) in [6, 6.07) is 22.3. The second-order valence-electron chi connectivity index (χ2n) is 12.5. The van der Waals surface area contributed by atoms with Gasteiger partial charge < -0.3 is 38.6 Å². The minimum Gasteiger partial charge on any atom is -0.493 e. The molecule has 1 saturated heterocycles. The number of carbonyl (C=O) groups is 2. The lowest BCUT2D eigenvalue weighted by Gasteiger charge is -2.40. The molecule has 7 rings (SSSR count). The molecular weight excluding hydrogens is 695 g/mol. The molecule has 0 unspecified atom stereocenters. The molecule has 12 heteroatoms. The van der Waals surface area contributed by atoms with Gasteiger partial charge >= 0.3 is 5.97 Å². The number of halogens is 2. The number of nitrogens with zero attached hydrogens (tertiary/aromatic N) is 1. The van der Waals surface area contributed by atoms with Crippen molar-refractivity contribution in [2.75, 3.05) is 69.8 Å². The van der Waals surface area contributed by atoms with E-state index in [1.165, 1.54) is 0 Å². The first-order valence-electron chi connectivity index (χ1n) is 16.7. The quantitative estimate of drug-likeness (QED) is 0.0874. The van der Waals surface area contributed by atoms with Crippen molar-refractivity contribution in [3.63, 3.8) is 0 Å². The minimum absolute atomic E-state index is 0.0897. The maximum absolute atomic E-state index is 13.6. The zero-order valence-electron chi connectivity index (χ0n) is 28.4. The normalized spacial score (nSPS) is 19.8. The van der Waals surface area contributed by atoms with E-state index in [0.29, 0.717) is 64.7 Å². The highest BCUT2D eigenvalue weighted by Gasteiger charge is 2.52. The molecule has 0 spiro atoms. The molecule has 266 valence electrons. The Bertz CT molecular complexity index is 1890. The summed E-state index contributed by atoms with van der Waals surface area (Å²) >= 11 is 11.9. The van der Waals surface area contributed by atoms with Crippen LogP contribution in [-0.2, 0) is 9.53 Å². The number of esters is 1. The van der Waals surface area contributed by atoms with E-state index in [4.69, 9.17) is 51.6 Å². The van der Waals surface area contributed by atoms with Crippen molar-refractivity contribution < 1.29 is 38.0 Å². The number of cyclic esters (lactones) is 1. The molecule has 0 aromatic heterocycles. The number of benzene rings is 4. The molecule has 0 radical (unpaired) electrons. The Balaban J connectivity index is 1.21. The number of anilines is 2. The Morgan fingerprint density at radius 3 is 1.96 bits per heavy atom. The van der Waals surface area contributed by atoms with Crippen molar-refractivity contribution in [1.82, 2.24) is 0 Å². The molecular formula is C39H38Cl2N2O8. The monoisotopic (exact) mass is 732 g/mol. The Morgan fingerprint density at radius 1 is 0.804 bits per heavy atom. The molecule has 0 bridgehead atoms. The third kappa shape index (κ3) is 6.47. The third-order valence-corrected chi connectivity index (χ3v) is 10.2. The molecule has 4 atom stereocenters. The van der Waals surface area contributed by atoms with E-state index >= 15 is 0 Å². The maximum Gasteiger partial charge on any atom is 0.310 e. The van der Waals surface area contributed by atoms with Crippen LogP contribution in [0.3, 0.4) is 0 Å². The second kappa shape index (κ2) is 14.8. The molecule has 3 aliphatic rings. The van der Waals surface area contributed by atoms with Gasteiger partial charge in [-0.25, -0.2) is 0 Å². The van der Waals surface area contributed by atoms with Crippen molar-refractivity contribution in [3.8, 4) is 28.7 Å². The summed E-state index contributed by atoms with van der Waals surface area (Å²) < 4.78 is 34.3. The highest BCUT2D eigenvalue weighted by Crippen LogP contribution is 2.56. The number of ketones is 1. The van der Waals surface area contributed by atoms with Crippen LogP contribution in [0.15, 0.2) is 72.8 Å². The van der Waals surface area contributed by atoms with Crippen LogP contribution in [0, 0.1) is 11.8 Å². The number of carbonyl (C=O) groups excluding carboxylic acids is 2. The van der Waals surface area contributed by atoms with E-state index in [9.17, 15) is 9.59 Å². The summed E-state index contributed by atoms with van der Waals surface area (Å²) in [5.41, 5.74) is 5.56. The predicted molar refractivity (Wildman–Crippen MR) is 195 cm³/mol. The fourth-order valence-corrected chi connectivity index (χ4v) is 7.90. The molecule has 10 nitrogen and oxygen atoms in total. The number of rotatable bonds is 13. The van der Waals surface area contributed by atoms with Gasteiger partial charge in [0.05, 0.1) is 39.9 Å². The van der Waals surface area contributed by atoms with Crippen molar-refractivity contribution in [2.45, 2.75) is 12.0 Å². The lowest BCUT2D eigenvalue weighted by atomic mass is 9.65. The summed E-state index contributed by atoms with van der Waals surface area (Å²) in [6.07, 6.45) is 0. The summed E-state index contributed by atoms with van der Waals surface area (Å²) in [6.45, 7) is 1.67. The number of fused-ring (bicyclic) bond motifs is 3. The average molecular weight is 734 g/mol. The summed E-state index contributed by atoms with van der Waals surface area (Å²) in [5, 5.41) is 3.67. The second-order valence-corrected chi connectivity index (χ2v) is 13.3. The molecule has 0 saturated carbocycles. The van der Waals surface area contributed by atoms with Gasteiger partial charge in [-0.15, -0.1) is 23.2 Å². The fraction of sp³-hybridized carbons (Fsp3) is 0.333. The van der Waals surface area contributed by atoms with Gasteiger partial charge in [-0.1, -0.05) is 0 Å². The Hall–Kier alpha value is -4.80. The van der Waals surface area contributed by atoms with Crippen molar-refractivity contribution >= 4 is 46.3 Å². The van der Waals surface area contributed by atoms with Crippen LogP contribution in [0.25, 0.3) is 0 Å². The smallest absolute Gasteiger partial charge is 0.310 e. The first kappa shape index (κ1) is 34.6. The summed E-state index contributed by atoms with van der Waals surface area (Å²) in [7, 11) is 4.69. The molecule has 1 aliphatic carbocycles. The van der Waals surface area contributed by atoms with Crippen LogP contribution in [0.4, 0.5) is 11.4 Å². The zero-order valence-corrected chi connectivity index (χ0v) is 30.0. The van der Waals surface area contributed by atoms with E-state index in [0.717, 1.165) is 28.1 Å². The fourth-order valence-electron chi connectivity index (χ4n) is 7.49. The van der Waals surface area contributed by atoms with E-state index in [1.807, 2.05) is 72.8 Å². The largest absolute Gasteiger partial charge is 0.493 e. The Kier molecular flexibility index (Phi) is 10.1. The first-order chi connectivity index (χ1) is 24.9. The van der Waals surface area contributed by atoms with Gasteiger partial charge in [-0.05, 0) is 89.5 Å². The van der Waals surface area contributed by atoms with Crippen LogP contribution < -0.4 is 33.9 Å². The molecule has 51 heavy (non-hydrogen) atoms. The maximum atomic E-state index is 13.6. The Labute approximate surface area is 306 Å². The topological polar surface area (TPSA) is 105 Å². The van der Waals surface area contributed by atoms with E-state index < -0.39 is 11.8 Å². The number of alkyl halides is 2. The molecule has 0 amide bonds. The minimum atomic E-state index is -0.521. The molecule has 2 aliphatic heterocycles. The van der Waals surface area contributed by atoms with E-state index in [-0.39, 0.29) is 37.1 Å². The van der Waals surface area contributed by atoms with Crippen molar-refractivity contribution in [1.29, 1.82) is 0 Å². The van der Waals surface area contributed by atoms with Gasteiger partial charge in [0.1, 0.15) is 0 Å². The molecule has 2 heterocycles. The molecule has 4 aromatic rings. The molecule has 4 aromatic carbocycles. The van der Waals surface area contributed by atoms with Gasteiger partial charge in [0, 0.05) is 59.2 Å². The summed E-state index contributed by atoms with van der Waals surface area (Å²) in [5.74, 6) is 2.12. The van der Waals surface area contributed by atoms with E-state index in [2.05, 4.69) is 10.2 Å². The van der Waals surface area contributed by atoms with Crippen LogP contribution in [0.5, 0.6) is 28.7 Å². The van der Waals surface area contributed by atoms with Crippen LogP contribution >= 0.6 is 23.2 Å². The highest BCUT2D eigenvalue weighted by molar-refractivity contribution is 6.18. The van der Waals surface area contributed by atoms with Gasteiger partial charge in [0.2, 0.25) is 12.5 Å². The number of ether oxygens (including phenoxy) is 6. The van der Waals surface area contributed by atoms with Gasteiger partial charge in [-0.3, -0.25) is 9.59 Å². The molecule has 1 fully saturated rings. The van der Waals surface area contributed by atoms with Crippen LogP contribution in [-0.4, -0.2) is 71.3 Å². The SMILES string of the molecule is COc1cc([C@@H]2c3cc4c(cc3[C@@H](Nc3ccc(C(=O)c5ccc(N(CCCl)CCCl)cc5)cc3)[C@H]3COC(=O)[C@H]23)OCO4)cc(OC)c1OC. The number of hydrogen-bond acceptors (Lipinski definition) is 10. The number of nitrogens with one attached hydrogen (secondary N) is 1. The lowest BCUT2D eigenvalue weighted by Crippen LogP contribution is -2.37. The summed E-state index contributed by atoms with van der Waals surface area (Å²) in [4.78, 5) is 29.1. The van der Waals surface area contributed by atoms with Gasteiger partial charge in [-0.2, -0.15) is 0 Å². The number of hydrogen-bond donors (Lipinski definition) is 1. The lowest BCUT2D eigenvalue weighted by molar-refractivity contribution is -0.141. The van der Waals surface area contributed by atoms with Crippen molar-refractivity contribution in [2.24, 2.45) is 11.8 Å². The Morgan fingerprint density at radius 2 is 1.39 bits per heavy atom. The zero-order chi connectivity index (χ0) is 35.6. The first-order valence-corrected chi connectivity index (χ1v) is 17.7. The standard InChI is InChI=1S/C39H38Cl2N2O8/c1-46-32-16-24(17-33(47-2)38(32)48-3)34-27-18-30-31(51-21-50-30)19-28(27)36(29-20-49-39(45)35(29)34)42-25-8-4-22(5-9-25)37(44)23-6-10-26(11-7-23)43(14-12-40)15-13-41/h4-11,16-19,29,34-36,42H,12-15,20-21H2,1-3H3/t29-,34+,35-,36+/m0/s1. The van der Waals surface area contributed by atoms with Crippen LogP contribution in [0.1, 0.15) is 44.6 Å². The highest BCUT2D eigenvalue weighted by atomic mass is 35.5. The van der Waals surface area contributed by atoms with Crippen molar-refractivity contribution in [3.05, 3.63) is 101 Å². The van der Waals surface area contributed by atoms with Gasteiger partial charge in [0.15, 0.2) is 28.8 Å².